The molecule has 3 rings (SSSR count). The van der Waals surface area contributed by atoms with E-state index in [1.165, 1.54) is 16.7 Å². The number of hydrogen-bond acceptors (Lipinski definition) is 1. The molecule has 0 amide bonds. The third-order valence-electron chi connectivity index (χ3n) is 3.72. The summed E-state index contributed by atoms with van der Waals surface area (Å²) in [5, 5.41) is 0. The van der Waals surface area contributed by atoms with Crippen LogP contribution in [0.5, 0.6) is 0 Å². The first kappa shape index (κ1) is 12.4. The van der Waals surface area contributed by atoms with E-state index in [4.69, 9.17) is 4.74 Å². The summed E-state index contributed by atoms with van der Waals surface area (Å²) >= 11 is 0. The highest BCUT2D eigenvalue weighted by Crippen LogP contribution is 2.49. The Bertz CT molecular complexity index is 566. The van der Waals surface area contributed by atoms with Gasteiger partial charge in [-0.2, -0.15) is 0 Å². The zero-order valence-electron chi connectivity index (χ0n) is 11.8. The van der Waals surface area contributed by atoms with Gasteiger partial charge in [-0.05, 0) is 22.1 Å². The van der Waals surface area contributed by atoms with E-state index in [0.29, 0.717) is 0 Å². The summed E-state index contributed by atoms with van der Waals surface area (Å²) in [6.45, 7) is 6.71. The first-order valence-electron chi connectivity index (χ1n) is 6.86. The second kappa shape index (κ2) is 4.50. The third-order valence-corrected chi connectivity index (χ3v) is 3.72. The van der Waals surface area contributed by atoms with Gasteiger partial charge in [-0.3, -0.25) is 0 Å². The van der Waals surface area contributed by atoms with Gasteiger partial charge in [0.05, 0.1) is 6.10 Å². The number of hydrogen-bond donors (Lipinski definition) is 0. The van der Waals surface area contributed by atoms with Crippen molar-refractivity contribution in [3.05, 3.63) is 71.3 Å². The van der Waals surface area contributed by atoms with Gasteiger partial charge in [0.2, 0.25) is 0 Å². The van der Waals surface area contributed by atoms with Crippen molar-refractivity contribution in [3.63, 3.8) is 0 Å². The molecule has 0 saturated carbocycles. The molecule has 2 aromatic rings. The maximum atomic E-state index is 6.38. The molecule has 0 aromatic heterocycles. The summed E-state index contributed by atoms with van der Waals surface area (Å²) < 4.78 is 6.38. The van der Waals surface area contributed by atoms with Crippen LogP contribution in [0.2, 0.25) is 0 Å². The molecular weight excluding hydrogens is 232 g/mol. The van der Waals surface area contributed by atoms with Crippen molar-refractivity contribution in [2.75, 3.05) is 0 Å². The molecule has 0 fully saturated rings. The Hall–Kier alpha value is -1.60. The van der Waals surface area contributed by atoms with Crippen molar-refractivity contribution < 1.29 is 4.74 Å². The topological polar surface area (TPSA) is 9.23 Å². The summed E-state index contributed by atoms with van der Waals surface area (Å²) in [5.74, 6) is 0. The third kappa shape index (κ3) is 2.19. The minimum atomic E-state index is 0.0709. The smallest absolute Gasteiger partial charge is 0.109 e. The second-order valence-corrected chi connectivity index (χ2v) is 6.30. The van der Waals surface area contributed by atoms with E-state index >= 15 is 0 Å². The quantitative estimate of drug-likeness (QED) is 0.702. The van der Waals surface area contributed by atoms with Gasteiger partial charge in [0.25, 0.3) is 0 Å². The first-order chi connectivity index (χ1) is 9.07. The van der Waals surface area contributed by atoms with Gasteiger partial charge >= 0.3 is 0 Å². The van der Waals surface area contributed by atoms with Gasteiger partial charge in [-0.25, -0.2) is 0 Å². The van der Waals surface area contributed by atoms with Gasteiger partial charge in [0, 0.05) is 0 Å². The number of ether oxygens (including phenoxy) is 1. The van der Waals surface area contributed by atoms with Crippen LogP contribution >= 0.6 is 0 Å². The maximum absolute atomic E-state index is 6.38. The molecule has 0 unspecified atom stereocenters. The van der Waals surface area contributed by atoms with Crippen molar-refractivity contribution in [1.82, 2.24) is 0 Å². The van der Waals surface area contributed by atoms with Gasteiger partial charge in [-0.1, -0.05) is 75.4 Å². The summed E-state index contributed by atoms with van der Waals surface area (Å²) in [7, 11) is 0. The van der Waals surface area contributed by atoms with Crippen LogP contribution in [-0.4, -0.2) is 0 Å². The molecule has 0 radical (unpaired) electrons. The minimum Gasteiger partial charge on any atom is -0.360 e. The van der Waals surface area contributed by atoms with Crippen molar-refractivity contribution in [2.24, 2.45) is 5.41 Å². The van der Waals surface area contributed by atoms with E-state index in [2.05, 4.69) is 69.3 Å². The average Bonchev–Trinajstić information content (AvgIpc) is 2.79. The minimum absolute atomic E-state index is 0.0709. The summed E-state index contributed by atoms with van der Waals surface area (Å²) in [5.41, 5.74) is 4.00. The average molecular weight is 252 g/mol. The molecule has 1 aliphatic heterocycles. The predicted octanol–water partition coefficient (Wildman–Crippen LogP) is 4.89. The largest absolute Gasteiger partial charge is 0.360 e. The first-order valence-corrected chi connectivity index (χ1v) is 6.86. The van der Waals surface area contributed by atoms with Crippen molar-refractivity contribution in [1.29, 1.82) is 0 Å². The Kier molecular flexibility index (Phi) is 2.94. The van der Waals surface area contributed by atoms with Crippen LogP contribution in [0.15, 0.2) is 54.6 Å². The Balaban J connectivity index is 2.07. The Morgan fingerprint density at radius 1 is 0.789 bits per heavy atom. The van der Waals surface area contributed by atoms with E-state index in [1.807, 2.05) is 6.07 Å². The lowest BCUT2D eigenvalue weighted by atomic mass is 9.84. The van der Waals surface area contributed by atoms with E-state index in [-0.39, 0.29) is 17.6 Å². The van der Waals surface area contributed by atoms with Crippen LogP contribution in [-0.2, 0) is 4.74 Å². The SMILES string of the molecule is CC(C)(C)[C@@H]1O[C@@H](c2ccccc2)c2ccccc21. The predicted molar refractivity (Wildman–Crippen MR) is 78.0 cm³/mol. The summed E-state index contributed by atoms with van der Waals surface area (Å²) in [4.78, 5) is 0. The number of benzene rings is 2. The highest BCUT2D eigenvalue weighted by atomic mass is 16.5. The van der Waals surface area contributed by atoms with Gasteiger partial charge in [0.15, 0.2) is 0 Å². The van der Waals surface area contributed by atoms with Gasteiger partial charge < -0.3 is 4.74 Å². The standard InChI is InChI=1S/C18H20O/c1-18(2,3)17-15-12-8-7-11-14(15)16(19-17)13-9-5-4-6-10-13/h4-12,16-17H,1-3H3/t16-,17+/m0/s1. The zero-order valence-corrected chi connectivity index (χ0v) is 11.8. The summed E-state index contributed by atoms with van der Waals surface area (Å²) in [6, 6.07) is 19.1. The summed E-state index contributed by atoms with van der Waals surface area (Å²) in [6.07, 6.45) is 0.232. The van der Waals surface area contributed by atoms with Crippen LogP contribution < -0.4 is 0 Å². The van der Waals surface area contributed by atoms with Crippen LogP contribution in [0.25, 0.3) is 0 Å². The molecule has 0 bridgehead atoms. The normalized spacial score (nSPS) is 22.3. The molecule has 1 nitrogen and oxygen atoms in total. The number of fused-ring (bicyclic) bond motifs is 1. The van der Waals surface area contributed by atoms with Crippen molar-refractivity contribution >= 4 is 0 Å². The Morgan fingerprint density at radius 3 is 2.00 bits per heavy atom. The Morgan fingerprint density at radius 2 is 1.37 bits per heavy atom. The fraction of sp³-hybridized carbons (Fsp3) is 0.333. The molecule has 0 aliphatic carbocycles. The lowest BCUT2D eigenvalue weighted by Gasteiger charge is -2.27. The molecule has 0 saturated heterocycles. The maximum Gasteiger partial charge on any atom is 0.109 e. The van der Waals surface area contributed by atoms with Gasteiger partial charge in [0.1, 0.15) is 6.10 Å². The fourth-order valence-corrected chi connectivity index (χ4v) is 2.83. The molecule has 1 heterocycles. The fourth-order valence-electron chi connectivity index (χ4n) is 2.83. The number of rotatable bonds is 1. The van der Waals surface area contributed by atoms with Crippen LogP contribution in [0, 0.1) is 5.41 Å². The van der Waals surface area contributed by atoms with Crippen molar-refractivity contribution in [2.45, 2.75) is 33.0 Å². The van der Waals surface area contributed by atoms with Gasteiger partial charge in [-0.15, -0.1) is 0 Å². The van der Waals surface area contributed by atoms with E-state index in [9.17, 15) is 0 Å². The molecule has 0 N–H and O–H groups in total. The van der Waals surface area contributed by atoms with E-state index in [1.54, 1.807) is 0 Å². The van der Waals surface area contributed by atoms with Crippen LogP contribution in [0.1, 0.15) is 49.7 Å². The molecule has 2 aromatic carbocycles. The zero-order chi connectivity index (χ0) is 13.5. The van der Waals surface area contributed by atoms with E-state index in [0.717, 1.165) is 0 Å². The Labute approximate surface area is 115 Å². The molecule has 2 atom stereocenters. The lowest BCUT2D eigenvalue weighted by molar-refractivity contribution is -0.0310. The molecule has 1 heteroatoms. The monoisotopic (exact) mass is 252 g/mol. The van der Waals surface area contributed by atoms with Crippen LogP contribution in [0.4, 0.5) is 0 Å². The second-order valence-electron chi connectivity index (χ2n) is 6.30. The molecule has 98 valence electrons. The lowest BCUT2D eigenvalue weighted by Crippen LogP contribution is -2.18. The molecule has 0 spiro atoms. The van der Waals surface area contributed by atoms with Crippen molar-refractivity contribution in [3.8, 4) is 0 Å². The molecular formula is C18H20O. The van der Waals surface area contributed by atoms with E-state index < -0.39 is 0 Å². The molecule has 19 heavy (non-hydrogen) atoms. The molecule has 1 aliphatic rings. The highest BCUT2D eigenvalue weighted by molar-refractivity contribution is 5.41. The van der Waals surface area contributed by atoms with Crippen LogP contribution in [0.3, 0.4) is 0 Å². The highest BCUT2D eigenvalue weighted by Gasteiger charge is 2.38.